The number of amides is 5. The Kier molecular flexibility index (Phi) is 13.5. The van der Waals surface area contributed by atoms with Crippen molar-refractivity contribution in [1.29, 1.82) is 5.41 Å². The van der Waals surface area contributed by atoms with E-state index >= 15 is 0 Å². The molecule has 1 aliphatic heterocycles. The zero-order chi connectivity index (χ0) is 31.1. The average Bonchev–Trinajstić information content (AvgIpc) is 2.95. The van der Waals surface area contributed by atoms with E-state index in [-0.39, 0.29) is 91.9 Å². The van der Waals surface area contributed by atoms with Gasteiger partial charge in [0.1, 0.15) is 12.2 Å². The Hall–Kier alpha value is -4.51. The van der Waals surface area contributed by atoms with E-state index in [1.54, 1.807) is 31.2 Å². The predicted molar refractivity (Wildman–Crippen MR) is 160 cm³/mol. The number of hydrogen-bond acceptors (Lipinski definition) is 9. The number of H-pyrrole nitrogens is 1. The number of hydrogen-bond donors (Lipinski definition) is 4. The van der Waals surface area contributed by atoms with Crippen LogP contribution in [0.2, 0.25) is 0 Å². The van der Waals surface area contributed by atoms with E-state index in [2.05, 4.69) is 21.8 Å². The van der Waals surface area contributed by atoms with Gasteiger partial charge in [0, 0.05) is 18.3 Å². The number of nitrogens with one attached hydrogen (secondary N) is 4. The number of ether oxygens (including phenoxy) is 1. The van der Waals surface area contributed by atoms with Crippen LogP contribution in [0.4, 0.5) is 16.2 Å². The number of aromatic nitrogens is 2. The van der Waals surface area contributed by atoms with Crippen LogP contribution in [0.3, 0.4) is 0 Å². The second kappa shape index (κ2) is 16.5. The van der Waals surface area contributed by atoms with Crippen molar-refractivity contribution < 1.29 is 80.8 Å². The molecule has 1 aromatic heterocycles. The summed E-state index contributed by atoms with van der Waals surface area (Å²) in [5.74, 6) is -2.03. The van der Waals surface area contributed by atoms with E-state index in [1.165, 1.54) is 55.5 Å². The van der Waals surface area contributed by atoms with Crippen LogP contribution >= 0.6 is 0 Å². The normalized spacial score (nSPS) is 14.0. The van der Waals surface area contributed by atoms with Crippen molar-refractivity contribution in [3.05, 3.63) is 116 Å². The van der Waals surface area contributed by atoms with Gasteiger partial charge >= 0.3 is 57.4 Å². The Morgan fingerprint density at radius 2 is 1.76 bits per heavy atom. The van der Waals surface area contributed by atoms with Crippen molar-refractivity contribution in [2.45, 2.75) is 20.5 Å². The summed E-state index contributed by atoms with van der Waals surface area (Å²) in [4.78, 5) is 78.3. The molecule has 0 unspecified atom stereocenters. The molecule has 0 aliphatic carbocycles. The molecule has 1 aliphatic rings. The van der Waals surface area contributed by atoms with Gasteiger partial charge in [0.15, 0.2) is 12.0 Å². The third-order valence-electron chi connectivity index (χ3n) is 5.99. The van der Waals surface area contributed by atoms with E-state index < -0.39 is 29.1 Å². The molecule has 2 heterocycles. The molecule has 0 atom stereocenters. The molecule has 5 N–H and O–H groups in total. The molecule has 4 rings (SSSR count). The van der Waals surface area contributed by atoms with Crippen LogP contribution in [0.25, 0.3) is 11.8 Å². The molecule has 14 nitrogen and oxygen atoms in total. The van der Waals surface area contributed by atoms with Crippen molar-refractivity contribution in [3.8, 4) is 5.69 Å². The van der Waals surface area contributed by atoms with Gasteiger partial charge < -0.3 is 34.7 Å². The van der Waals surface area contributed by atoms with Crippen LogP contribution in [0.5, 0.6) is 0 Å². The fourth-order valence-electron chi connectivity index (χ4n) is 4.04. The monoisotopic (exact) mass is 637 g/mol. The fraction of sp³-hybridized carbons (Fsp3) is 0.100. The largest absolute Gasteiger partial charge is 1.00 e. The molecular formula is C30H26KN6O8-. The van der Waals surface area contributed by atoms with Crippen molar-refractivity contribution in [3.63, 3.8) is 0 Å². The quantitative estimate of drug-likeness (QED) is 0.0451. The molecule has 0 spiro atoms. The number of benzene rings is 2. The second-order valence-corrected chi connectivity index (χ2v) is 9.16. The summed E-state index contributed by atoms with van der Waals surface area (Å²) in [6.07, 6.45) is 8.92. The molecule has 2 aromatic carbocycles. The molecule has 45 heavy (non-hydrogen) atoms. The molecule has 5 amide bonds. The van der Waals surface area contributed by atoms with E-state index in [1.807, 2.05) is 0 Å². The molecule has 0 radical (unpaired) electrons. The Balaban J connectivity index is 0.00000353. The van der Waals surface area contributed by atoms with Crippen LogP contribution in [0.1, 0.15) is 25.0 Å². The molecule has 1 saturated heterocycles. The zero-order valence-electron chi connectivity index (χ0n) is 24.4. The average molecular weight is 638 g/mol. The molecule has 0 bridgehead atoms. The summed E-state index contributed by atoms with van der Waals surface area (Å²) in [7, 11) is 0. The second-order valence-electron chi connectivity index (χ2n) is 9.16. The number of rotatable bonds is 9. The maximum Gasteiger partial charge on any atom is 1.00 e. The van der Waals surface area contributed by atoms with Crippen molar-refractivity contribution in [2.24, 2.45) is 0 Å². The van der Waals surface area contributed by atoms with E-state index in [4.69, 9.17) is 10.1 Å². The van der Waals surface area contributed by atoms with Gasteiger partial charge in [-0.05, 0) is 48.9 Å². The van der Waals surface area contributed by atoms with Crippen LogP contribution in [-0.4, -0.2) is 45.2 Å². The van der Waals surface area contributed by atoms with Crippen molar-refractivity contribution >= 4 is 47.6 Å². The first-order valence-electron chi connectivity index (χ1n) is 12.7. The van der Waals surface area contributed by atoms with Crippen LogP contribution in [0.15, 0.2) is 87.5 Å². The summed E-state index contributed by atoms with van der Waals surface area (Å²) < 4.78 is 5.83. The molecule has 3 aromatic rings. The van der Waals surface area contributed by atoms with Crippen LogP contribution in [0, 0.1) is 11.6 Å². The minimum absolute atomic E-state index is 0. The SMILES string of the molecule is CC(=O)Nc1cccc(-n2c(=O)[nH][c-]c(C=CC(C)=CC=C3C(=O)NC(=O)N(c4cccc(COC=N)c4)C3=O)c2=O)c1.[K+].[OH-]. The van der Waals surface area contributed by atoms with Crippen molar-refractivity contribution in [2.75, 3.05) is 10.2 Å². The van der Waals surface area contributed by atoms with Gasteiger partial charge in [-0.2, -0.15) is 0 Å². The molecule has 15 heteroatoms. The molecular weight excluding hydrogens is 611 g/mol. The Bertz CT molecular complexity index is 1860. The van der Waals surface area contributed by atoms with Gasteiger partial charge in [0.05, 0.1) is 5.69 Å². The minimum atomic E-state index is -0.912. The minimum Gasteiger partial charge on any atom is -0.870 e. The number of allylic oxidation sites excluding steroid dienone is 4. The summed E-state index contributed by atoms with van der Waals surface area (Å²) in [6, 6.07) is 11.6. The summed E-state index contributed by atoms with van der Waals surface area (Å²) >= 11 is 0. The number of nitrogens with zero attached hydrogens (tertiary/aromatic N) is 2. The third-order valence-corrected chi connectivity index (χ3v) is 5.99. The molecule has 226 valence electrons. The first-order chi connectivity index (χ1) is 20.6. The van der Waals surface area contributed by atoms with Crippen LogP contribution in [-0.2, 0) is 25.7 Å². The number of carbonyl (C=O) groups excluding carboxylic acids is 4. The Morgan fingerprint density at radius 1 is 1.04 bits per heavy atom. The number of aromatic amines is 1. The van der Waals surface area contributed by atoms with Gasteiger partial charge in [0.25, 0.3) is 11.8 Å². The number of carbonyl (C=O) groups is 4. The maximum atomic E-state index is 13.2. The number of urea groups is 1. The van der Waals surface area contributed by atoms with Gasteiger partial charge in [-0.15, -0.1) is 12.2 Å². The number of barbiturate groups is 1. The molecule has 1 fully saturated rings. The number of anilines is 2. The summed E-state index contributed by atoms with van der Waals surface area (Å²) in [6.45, 7) is 3.04. The van der Waals surface area contributed by atoms with E-state index in [0.29, 0.717) is 16.8 Å². The van der Waals surface area contributed by atoms with Crippen molar-refractivity contribution in [1.82, 2.24) is 14.9 Å². The van der Waals surface area contributed by atoms with Gasteiger partial charge in [-0.1, -0.05) is 41.6 Å². The summed E-state index contributed by atoms with van der Waals surface area (Å²) in [5.41, 5.74) is 0.267. The van der Waals surface area contributed by atoms with Gasteiger partial charge in [-0.25, -0.2) is 9.69 Å². The maximum absolute atomic E-state index is 13.2. The Morgan fingerprint density at radius 3 is 2.47 bits per heavy atom. The zero-order valence-corrected chi connectivity index (χ0v) is 27.5. The fourth-order valence-corrected chi connectivity index (χ4v) is 4.04. The number of imide groups is 2. The van der Waals surface area contributed by atoms with Crippen LogP contribution < -0.4 is 78.2 Å². The standard InChI is InChI=1S/C30H25N6O7.K.H2O/c1-18(9-11-21-15-32-29(41)35(27(21)39)24-8-4-6-22(14-24)33-19(2)37)10-12-25-26(38)34-30(42)36(28(25)40)23-7-3-5-20(13-23)16-43-17-31;;/h3-14,17,31H,16H2,1-2H3,(H,32,41)(H,33,37)(H,34,38,42);;1H2/q-1;+1;/p-1. The predicted octanol–water partition coefficient (Wildman–Crippen LogP) is -0.596. The Labute approximate surface area is 298 Å². The smallest absolute Gasteiger partial charge is 0.870 e. The van der Waals surface area contributed by atoms with Gasteiger partial charge in [0.2, 0.25) is 11.6 Å². The molecule has 0 saturated carbocycles. The van der Waals surface area contributed by atoms with Gasteiger partial charge in [-0.3, -0.25) is 25.1 Å². The first kappa shape index (κ1) is 36.7. The third kappa shape index (κ3) is 9.01. The summed E-state index contributed by atoms with van der Waals surface area (Å²) in [5, 5.41) is 11.7. The van der Waals surface area contributed by atoms with E-state index in [9.17, 15) is 28.8 Å². The van der Waals surface area contributed by atoms with E-state index in [0.717, 1.165) is 15.9 Å². The topological polar surface area (TPSA) is 214 Å². The first-order valence-corrected chi connectivity index (χ1v) is 12.7.